The van der Waals surface area contributed by atoms with E-state index in [2.05, 4.69) is 0 Å². The topological polar surface area (TPSA) is 46.5 Å². The fourth-order valence-electron chi connectivity index (χ4n) is 1.16. The molecule has 0 saturated carbocycles. The molecule has 1 N–H and O–H groups in total. The van der Waals surface area contributed by atoms with Crippen LogP contribution in [-0.2, 0) is 4.79 Å². The second kappa shape index (κ2) is 5.56. The summed E-state index contributed by atoms with van der Waals surface area (Å²) in [5.41, 5.74) is 0.627. The van der Waals surface area contributed by atoms with E-state index < -0.39 is 5.97 Å². The Kier molecular flexibility index (Phi) is 4.38. The van der Waals surface area contributed by atoms with Gasteiger partial charge in [0, 0.05) is 6.08 Å². The molecular formula is C12H13ClO3. The molecule has 0 amide bonds. The maximum atomic E-state index is 10.4. The molecule has 1 rings (SSSR count). The Morgan fingerprint density at radius 3 is 2.75 bits per heavy atom. The van der Waals surface area contributed by atoms with Crippen LogP contribution >= 0.6 is 11.6 Å². The lowest BCUT2D eigenvalue weighted by Crippen LogP contribution is -2.06. The zero-order valence-corrected chi connectivity index (χ0v) is 9.86. The number of carboxylic acids is 1. The van der Waals surface area contributed by atoms with Gasteiger partial charge >= 0.3 is 5.97 Å². The van der Waals surface area contributed by atoms with E-state index >= 15 is 0 Å². The van der Waals surface area contributed by atoms with Crippen molar-refractivity contribution in [1.29, 1.82) is 0 Å². The van der Waals surface area contributed by atoms with Crippen LogP contribution in [0.1, 0.15) is 19.4 Å². The van der Waals surface area contributed by atoms with Gasteiger partial charge in [-0.3, -0.25) is 0 Å². The number of aliphatic carboxylic acids is 1. The minimum absolute atomic E-state index is 0.0243. The molecule has 0 heterocycles. The molecule has 0 aliphatic carbocycles. The van der Waals surface area contributed by atoms with E-state index in [1.807, 2.05) is 13.8 Å². The van der Waals surface area contributed by atoms with E-state index in [4.69, 9.17) is 21.4 Å². The lowest BCUT2D eigenvalue weighted by molar-refractivity contribution is -0.131. The van der Waals surface area contributed by atoms with Crippen LogP contribution in [0.25, 0.3) is 6.08 Å². The molecule has 4 heteroatoms. The second-order valence-electron chi connectivity index (χ2n) is 3.50. The smallest absolute Gasteiger partial charge is 0.328 e. The van der Waals surface area contributed by atoms with Crippen molar-refractivity contribution in [2.75, 3.05) is 0 Å². The van der Waals surface area contributed by atoms with E-state index in [0.29, 0.717) is 16.3 Å². The average molecular weight is 241 g/mol. The zero-order chi connectivity index (χ0) is 12.1. The number of ether oxygens (including phenoxy) is 1. The number of carbonyl (C=O) groups is 1. The van der Waals surface area contributed by atoms with Crippen molar-refractivity contribution >= 4 is 23.6 Å². The first-order valence-electron chi connectivity index (χ1n) is 4.87. The third-order valence-electron chi connectivity index (χ3n) is 1.76. The highest BCUT2D eigenvalue weighted by Crippen LogP contribution is 2.29. The van der Waals surface area contributed by atoms with Crippen molar-refractivity contribution in [3.05, 3.63) is 34.9 Å². The van der Waals surface area contributed by atoms with Crippen molar-refractivity contribution in [2.45, 2.75) is 20.0 Å². The highest BCUT2D eigenvalue weighted by Gasteiger charge is 2.06. The molecule has 0 aromatic heterocycles. The molecular weight excluding hydrogens is 228 g/mol. The van der Waals surface area contributed by atoms with Crippen LogP contribution < -0.4 is 4.74 Å². The largest absolute Gasteiger partial charge is 0.489 e. The number of carboxylic acid groups (broad SMARTS) is 1. The van der Waals surface area contributed by atoms with Crippen LogP contribution in [0.5, 0.6) is 5.75 Å². The summed E-state index contributed by atoms with van der Waals surface area (Å²) in [5, 5.41) is 8.94. The van der Waals surface area contributed by atoms with Crippen molar-refractivity contribution < 1.29 is 14.6 Å². The third kappa shape index (κ3) is 3.59. The summed E-state index contributed by atoms with van der Waals surface area (Å²) < 4.78 is 5.48. The number of halogens is 1. The Morgan fingerprint density at radius 1 is 1.50 bits per heavy atom. The molecule has 16 heavy (non-hydrogen) atoms. The van der Waals surface area contributed by atoms with Gasteiger partial charge in [0.05, 0.1) is 11.1 Å². The van der Waals surface area contributed by atoms with Gasteiger partial charge in [0.25, 0.3) is 0 Å². The van der Waals surface area contributed by atoms with Gasteiger partial charge in [-0.15, -0.1) is 0 Å². The Bertz CT molecular complexity index is 411. The third-order valence-corrected chi connectivity index (χ3v) is 2.17. The summed E-state index contributed by atoms with van der Waals surface area (Å²) in [6, 6.07) is 5.25. The maximum Gasteiger partial charge on any atom is 0.328 e. The summed E-state index contributed by atoms with van der Waals surface area (Å²) in [6.45, 7) is 3.80. The number of benzene rings is 1. The van der Waals surface area contributed by atoms with Crippen molar-refractivity contribution in [3.63, 3.8) is 0 Å². The molecule has 0 radical (unpaired) electrons. The quantitative estimate of drug-likeness (QED) is 0.822. The van der Waals surface area contributed by atoms with Gasteiger partial charge in [0.2, 0.25) is 0 Å². The first-order chi connectivity index (χ1) is 7.50. The molecule has 1 aromatic rings. The molecule has 0 spiro atoms. The lowest BCUT2D eigenvalue weighted by Gasteiger charge is -2.12. The van der Waals surface area contributed by atoms with E-state index in [1.165, 1.54) is 6.08 Å². The fraction of sp³-hybridized carbons (Fsp3) is 0.250. The molecule has 86 valence electrons. The van der Waals surface area contributed by atoms with Crippen LogP contribution in [0.4, 0.5) is 0 Å². The predicted molar refractivity (Wildman–Crippen MR) is 63.9 cm³/mol. The van der Waals surface area contributed by atoms with Crippen LogP contribution in [0, 0.1) is 0 Å². The molecule has 0 bridgehead atoms. The number of hydrogen-bond donors (Lipinski definition) is 1. The monoisotopic (exact) mass is 240 g/mol. The van der Waals surface area contributed by atoms with Crippen molar-refractivity contribution in [3.8, 4) is 5.75 Å². The molecule has 0 saturated heterocycles. The second-order valence-corrected chi connectivity index (χ2v) is 3.88. The molecule has 1 aromatic carbocycles. The Labute approximate surface area is 99.3 Å². The Balaban J connectivity index is 2.99. The summed E-state index contributed by atoms with van der Waals surface area (Å²) in [7, 11) is 0. The van der Waals surface area contributed by atoms with E-state index in [9.17, 15) is 4.79 Å². The maximum absolute atomic E-state index is 10.4. The van der Waals surface area contributed by atoms with E-state index in [1.54, 1.807) is 18.2 Å². The summed E-state index contributed by atoms with van der Waals surface area (Å²) >= 11 is 6.07. The van der Waals surface area contributed by atoms with Gasteiger partial charge in [-0.1, -0.05) is 23.7 Å². The predicted octanol–water partition coefficient (Wildman–Crippen LogP) is 3.23. The molecule has 0 aliphatic heterocycles. The first-order valence-corrected chi connectivity index (χ1v) is 5.24. The fourth-order valence-corrected chi connectivity index (χ4v) is 1.40. The summed E-state index contributed by atoms with van der Waals surface area (Å²) in [5.74, 6) is -0.449. The number of rotatable bonds is 4. The Morgan fingerprint density at radius 2 is 2.19 bits per heavy atom. The minimum Gasteiger partial charge on any atom is -0.489 e. The van der Waals surface area contributed by atoms with Crippen molar-refractivity contribution in [2.24, 2.45) is 0 Å². The van der Waals surface area contributed by atoms with Crippen molar-refractivity contribution in [1.82, 2.24) is 0 Å². The number of hydrogen-bond acceptors (Lipinski definition) is 2. The minimum atomic E-state index is -1.01. The van der Waals surface area contributed by atoms with Gasteiger partial charge in [-0.2, -0.15) is 0 Å². The van der Waals surface area contributed by atoms with Gasteiger partial charge in [-0.05, 0) is 31.6 Å². The summed E-state index contributed by atoms with van der Waals surface area (Å²) in [6.07, 6.45) is 2.51. The standard InChI is InChI=1S/C12H13ClO3/c1-8(2)16-10-5-3-4-9(12(10)13)6-7-11(14)15/h3-8H,1-2H3,(H,14,15). The molecule has 0 atom stereocenters. The van der Waals surface area contributed by atoms with E-state index in [-0.39, 0.29) is 6.10 Å². The first kappa shape index (κ1) is 12.6. The highest BCUT2D eigenvalue weighted by atomic mass is 35.5. The average Bonchev–Trinajstić information content (AvgIpc) is 2.18. The van der Waals surface area contributed by atoms with Gasteiger partial charge in [-0.25, -0.2) is 4.79 Å². The molecule has 3 nitrogen and oxygen atoms in total. The van der Waals surface area contributed by atoms with Gasteiger partial charge in [0.15, 0.2) is 0 Å². The zero-order valence-electron chi connectivity index (χ0n) is 9.11. The van der Waals surface area contributed by atoms with Crippen LogP contribution in [0.3, 0.4) is 0 Å². The highest BCUT2D eigenvalue weighted by molar-refractivity contribution is 6.33. The normalized spacial score (nSPS) is 11.0. The SMILES string of the molecule is CC(C)Oc1cccc(C=CC(=O)O)c1Cl. The van der Waals surface area contributed by atoms with Crippen LogP contribution in [0.15, 0.2) is 24.3 Å². The summed E-state index contributed by atoms with van der Waals surface area (Å²) in [4.78, 5) is 10.4. The molecule has 0 fully saturated rings. The van der Waals surface area contributed by atoms with Gasteiger partial charge in [0.1, 0.15) is 5.75 Å². The lowest BCUT2D eigenvalue weighted by atomic mass is 10.2. The van der Waals surface area contributed by atoms with Gasteiger partial charge < -0.3 is 9.84 Å². The van der Waals surface area contributed by atoms with Crippen LogP contribution in [0.2, 0.25) is 5.02 Å². The molecule has 0 aliphatic rings. The Hall–Kier alpha value is -1.48. The van der Waals surface area contributed by atoms with E-state index in [0.717, 1.165) is 6.08 Å². The molecule has 0 unspecified atom stereocenters. The van der Waals surface area contributed by atoms with Crippen LogP contribution in [-0.4, -0.2) is 17.2 Å².